The van der Waals surface area contributed by atoms with Crippen molar-refractivity contribution >= 4 is 11.6 Å². The summed E-state index contributed by atoms with van der Waals surface area (Å²) in [4.78, 5) is 14.2. The van der Waals surface area contributed by atoms with Gasteiger partial charge in [-0.25, -0.2) is 0 Å². The summed E-state index contributed by atoms with van der Waals surface area (Å²) < 4.78 is 0. The second-order valence-corrected chi connectivity index (χ2v) is 6.87. The lowest BCUT2D eigenvalue weighted by atomic mass is 9.86. The number of piperidine rings is 1. The summed E-state index contributed by atoms with van der Waals surface area (Å²) in [5.41, 5.74) is 2.01. The molecule has 1 aromatic rings. The van der Waals surface area contributed by atoms with Gasteiger partial charge in [-0.05, 0) is 36.4 Å². The van der Waals surface area contributed by atoms with Gasteiger partial charge in [0.25, 0.3) is 0 Å². The molecule has 1 unspecified atom stereocenters. The topological polar surface area (TPSA) is 52.6 Å². The second-order valence-electron chi connectivity index (χ2n) is 6.87. The first-order valence-electron chi connectivity index (χ1n) is 7.66. The van der Waals surface area contributed by atoms with E-state index in [1.54, 1.807) is 0 Å². The van der Waals surface area contributed by atoms with E-state index in [2.05, 4.69) is 32.2 Å². The number of aliphatic hydroxyl groups excluding tert-OH is 1. The fourth-order valence-corrected chi connectivity index (χ4v) is 2.81. The third-order valence-corrected chi connectivity index (χ3v) is 3.86. The molecule has 1 heterocycles. The number of nitrogens with zero attached hydrogens (tertiary/aromatic N) is 1. The average molecular weight is 290 g/mol. The number of β-amino-alcohol motifs (C(OH)–C–C–N with tert-alkyl or cyclic N) is 1. The maximum atomic E-state index is 12.2. The highest BCUT2D eigenvalue weighted by Crippen LogP contribution is 2.29. The maximum Gasteiger partial charge on any atom is 0.238 e. The van der Waals surface area contributed by atoms with E-state index >= 15 is 0 Å². The van der Waals surface area contributed by atoms with E-state index in [0.717, 1.165) is 30.6 Å². The van der Waals surface area contributed by atoms with Crippen LogP contribution < -0.4 is 5.32 Å². The first-order chi connectivity index (χ1) is 9.86. The highest BCUT2D eigenvalue weighted by Gasteiger charge is 2.21. The van der Waals surface area contributed by atoms with E-state index < -0.39 is 0 Å². The van der Waals surface area contributed by atoms with E-state index in [-0.39, 0.29) is 17.4 Å². The summed E-state index contributed by atoms with van der Waals surface area (Å²) in [5.74, 6) is -0.0131. The molecule has 0 aliphatic carbocycles. The number of likely N-dealkylation sites (tertiary alicyclic amines) is 1. The molecule has 1 amide bonds. The Balaban J connectivity index is 2.00. The fraction of sp³-hybridized carbons (Fsp3) is 0.588. The van der Waals surface area contributed by atoms with Gasteiger partial charge >= 0.3 is 0 Å². The number of aliphatic hydroxyl groups is 1. The van der Waals surface area contributed by atoms with Crippen LogP contribution in [-0.4, -0.2) is 41.7 Å². The smallest absolute Gasteiger partial charge is 0.238 e. The Morgan fingerprint density at radius 3 is 2.76 bits per heavy atom. The van der Waals surface area contributed by atoms with E-state index in [1.807, 2.05) is 23.1 Å². The fourth-order valence-electron chi connectivity index (χ4n) is 2.81. The van der Waals surface area contributed by atoms with Crippen molar-refractivity contribution in [3.8, 4) is 0 Å². The predicted octanol–water partition coefficient (Wildman–Crippen LogP) is 2.38. The van der Waals surface area contributed by atoms with Crippen molar-refractivity contribution < 1.29 is 9.90 Å². The van der Waals surface area contributed by atoms with E-state index in [4.69, 9.17) is 0 Å². The number of hydrogen-bond acceptors (Lipinski definition) is 3. The zero-order valence-electron chi connectivity index (χ0n) is 13.2. The molecule has 1 saturated heterocycles. The van der Waals surface area contributed by atoms with Crippen molar-refractivity contribution in [1.82, 2.24) is 4.90 Å². The number of carbonyl (C=O) groups is 1. The van der Waals surface area contributed by atoms with Gasteiger partial charge in [-0.2, -0.15) is 0 Å². The summed E-state index contributed by atoms with van der Waals surface area (Å²) in [6.45, 7) is 8.23. The molecule has 4 heteroatoms. The SMILES string of the molecule is CC(C)(C)c1ccccc1NC(=O)CN1CCCC(O)C1. The minimum absolute atomic E-state index is 0.00874. The van der Waals surface area contributed by atoms with Crippen LogP contribution in [0.5, 0.6) is 0 Å². The lowest BCUT2D eigenvalue weighted by Crippen LogP contribution is -2.42. The van der Waals surface area contributed by atoms with Crippen molar-refractivity contribution in [2.45, 2.75) is 45.1 Å². The first kappa shape index (κ1) is 16.0. The Hall–Kier alpha value is -1.39. The molecule has 2 N–H and O–H groups in total. The van der Waals surface area contributed by atoms with Crippen molar-refractivity contribution in [1.29, 1.82) is 0 Å². The number of carbonyl (C=O) groups excluding carboxylic acids is 1. The zero-order chi connectivity index (χ0) is 15.5. The number of benzene rings is 1. The minimum Gasteiger partial charge on any atom is -0.392 e. The third-order valence-electron chi connectivity index (χ3n) is 3.86. The third kappa shape index (κ3) is 4.55. The van der Waals surface area contributed by atoms with Crippen LogP contribution in [0.2, 0.25) is 0 Å². The van der Waals surface area contributed by atoms with Gasteiger partial charge in [0.15, 0.2) is 0 Å². The summed E-state index contributed by atoms with van der Waals surface area (Å²) in [7, 11) is 0. The molecule has 4 nitrogen and oxygen atoms in total. The molecule has 1 fully saturated rings. The van der Waals surface area contributed by atoms with Crippen LogP contribution in [0, 0.1) is 0 Å². The molecule has 0 bridgehead atoms. The monoisotopic (exact) mass is 290 g/mol. The Bertz CT molecular complexity index is 494. The quantitative estimate of drug-likeness (QED) is 0.898. The number of amides is 1. The molecule has 0 aromatic heterocycles. The molecule has 116 valence electrons. The first-order valence-corrected chi connectivity index (χ1v) is 7.66. The number of nitrogens with one attached hydrogen (secondary N) is 1. The largest absolute Gasteiger partial charge is 0.392 e. The molecule has 21 heavy (non-hydrogen) atoms. The number of rotatable bonds is 3. The molecule has 2 rings (SSSR count). The maximum absolute atomic E-state index is 12.2. The van der Waals surface area contributed by atoms with Gasteiger partial charge in [-0.15, -0.1) is 0 Å². The highest BCUT2D eigenvalue weighted by atomic mass is 16.3. The van der Waals surface area contributed by atoms with Gasteiger partial charge in [-0.1, -0.05) is 39.0 Å². The number of para-hydroxylation sites is 1. The van der Waals surface area contributed by atoms with Crippen LogP contribution in [0.3, 0.4) is 0 Å². The van der Waals surface area contributed by atoms with Crippen LogP contribution in [0.15, 0.2) is 24.3 Å². The van der Waals surface area contributed by atoms with Crippen LogP contribution in [-0.2, 0) is 10.2 Å². The molecule has 0 spiro atoms. The van der Waals surface area contributed by atoms with Gasteiger partial charge in [0.05, 0.1) is 12.6 Å². The van der Waals surface area contributed by atoms with Gasteiger partial charge in [-0.3, -0.25) is 9.69 Å². The lowest BCUT2D eigenvalue weighted by Gasteiger charge is -2.29. The molecule has 1 aliphatic heterocycles. The van der Waals surface area contributed by atoms with E-state index in [1.165, 1.54) is 0 Å². The summed E-state index contributed by atoms with van der Waals surface area (Å²) in [6.07, 6.45) is 1.49. The molecule has 0 radical (unpaired) electrons. The highest BCUT2D eigenvalue weighted by molar-refractivity contribution is 5.93. The Labute approximate surface area is 127 Å². The molecular weight excluding hydrogens is 264 g/mol. The van der Waals surface area contributed by atoms with Gasteiger partial charge in [0, 0.05) is 12.2 Å². The summed E-state index contributed by atoms with van der Waals surface area (Å²) in [5, 5.41) is 12.7. The van der Waals surface area contributed by atoms with Gasteiger partial charge < -0.3 is 10.4 Å². The number of hydrogen-bond donors (Lipinski definition) is 2. The summed E-state index contributed by atoms with van der Waals surface area (Å²) >= 11 is 0. The standard InChI is InChI=1S/C17H26N2O2/c1-17(2,3)14-8-4-5-9-15(14)18-16(21)12-19-10-6-7-13(20)11-19/h4-5,8-9,13,20H,6-7,10-12H2,1-3H3,(H,18,21). The Kier molecular flexibility index (Phi) is 5.01. The molecule has 1 aromatic carbocycles. The normalized spacial score (nSPS) is 20.3. The van der Waals surface area contributed by atoms with Crippen molar-refractivity contribution in [2.75, 3.05) is 25.0 Å². The van der Waals surface area contributed by atoms with E-state index in [0.29, 0.717) is 13.1 Å². The predicted molar refractivity (Wildman–Crippen MR) is 85.5 cm³/mol. The van der Waals surface area contributed by atoms with Crippen molar-refractivity contribution in [3.05, 3.63) is 29.8 Å². The van der Waals surface area contributed by atoms with Crippen molar-refractivity contribution in [2.24, 2.45) is 0 Å². The van der Waals surface area contributed by atoms with Crippen LogP contribution in [0.1, 0.15) is 39.2 Å². The average Bonchev–Trinajstić information content (AvgIpc) is 2.37. The minimum atomic E-state index is -0.298. The van der Waals surface area contributed by atoms with Gasteiger partial charge in [0.2, 0.25) is 5.91 Å². The van der Waals surface area contributed by atoms with Gasteiger partial charge in [0.1, 0.15) is 0 Å². The Morgan fingerprint density at radius 2 is 2.10 bits per heavy atom. The second kappa shape index (κ2) is 6.58. The van der Waals surface area contributed by atoms with Crippen LogP contribution in [0.25, 0.3) is 0 Å². The molecule has 1 atom stereocenters. The van der Waals surface area contributed by atoms with Crippen molar-refractivity contribution in [3.63, 3.8) is 0 Å². The van der Waals surface area contributed by atoms with E-state index in [9.17, 15) is 9.90 Å². The molecular formula is C17H26N2O2. The Morgan fingerprint density at radius 1 is 1.38 bits per heavy atom. The molecule has 0 saturated carbocycles. The van der Waals surface area contributed by atoms with Crippen LogP contribution in [0.4, 0.5) is 5.69 Å². The number of anilines is 1. The summed E-state index contributed by atoms with van der Waals surface area (Å²) in [6, 6.07) is 7.94. The lowest BCUT2D eigenvalue weighted by molar-refractivity contribution is -0.118. The zero-order valence-corrected chi connectivity index (χ0v) is 13.2. The van der Waals surface area contributed by atoms with Crippen LogP contribution >= 0.6 is 0 Å². The molecule has 1 aliphatic rings.